The topological polar surface area (TPSA) is 84.2 Å². The van der Waals surface area contributed by atoms with Crippen molar-refractivity contribution in [3.05, 3.63) is 0 Å². The van der Waals surface area contributed by atoms with Gasteiger partial charge in [-0.2, -0.15) is 0 Å². The van der Waals surface area contributed by atoms with E-state index in [2.05, 4.69) is 10.6 Å². The largest absolute Gasteiger partial charge is 0.348 e. The normalized spacial score (nSPS) is 17.9. The van der Waals surface area contributed by atoms with Crippen LogP contribution in [0.3, 0.4) is 0 Å². The van der Waals surface area contributed by atoms with Gasteiger partial charge in [0.25, 0.3) is 0 Å². The van der Waals surface area contributed by atoms with E-state index in [-0.39, 0.29) is 36.3 Å². The standard InChI is InChI=1S/C10H19N3O2.ClH/c1-7(14)12-5-9(15)13-10(2,6-11)8-3-4-8;/h8H,3-6,11H2,1-2H3,(H,12,14)(H,13,15);1H. The third-order valence-corrected chi connectivity index (χ3v) is 2.83. The Hall–Kier alpha value is -0.810. The Kier molecular flexibility index (Phi) is 5.75. The minimum absolute atomic E-state index is 0. The maximum absolute atomic E-state index is 11.5. The van der Waals surface area contributed by atoms with E-state index in [0.29, 0.717) is 12.5 Å². The summed E-state index contributed by atoms with van der Waals surface area (Å²) in [5.74, 6) is 0.111. The number of hydrogen-bond acceptors (Lipinski definition) is 3. The van der Waals surface area contributed by atoms with Crippen molar-refractivity contribution in [2.24, 2.45) is 11.7 Å². The molecule has 0 aromatic carbocycles. The zero-order valence-electron chi connectivity index (χ0n) is 9.71. The third-order valence-electron chi connectivity index (χ3n) is 2.83. The van der Waals surface area contributed by atoms with E-state index in [1.165, 1.54) is 6.92 Å². The van der Waals surface area contributed by atoms with E-state index < -0.39 is 0 Å². The summed E-state index contributed by atoms with van der Waals surface area (Å²) in [6.45, 7) is 3.80. The van der Waals surface area contributed by atoms with Gasteiger partial charge in [0.05, 0.1) is 12.1 Å². The SMILES string of the molecule is CC(=O)NCC(=O)NC(C)(CN)C1CC1.Cl. The second kappa shape index (κ2) is 6.06. The predicted molar refractivity (Wildman–Crippen MR) is 64.3 cm³/mol. The molecule has 6 heteroatoms. The molecule has 1 aliphatic carbocycles. The molecule has 0 aromatic rings. The van der Waals surface area contributed by atoms with Crippen molar-refractivity contribution in [2.45, 2.75) is 32.2 Å². The minimum atomic E-state index is -0.310. The first-order chi connectivity index (χ1) is 6.98. The Bertz CT molecular complexity index is 269. The molecule has 1 aliphatic rings. The quantitative estimate of drug-likeness (QED) is 0.630. The highest BCUT2D eigenvalue weighted by molar-refractivity contribution is 5.85. The monoisotopic (exact) mass is 249 g/mol. The number of nitrogens with one attached hydrogen (secondary N) is 2. The van der Waals surface area contributed by atoms with Gasteiger partial charge in [0.1, 0.15) is 0 Å². The lowest BCUT2D eigenvalue weighted by Gasteiger charge is -2.29. The number of halogens is 1. The fourth-order valence-corrected chi connectivity index (χ4v) is 1.61. The van der Waals surface area contributed by atoms with Gasteiger partial charge in [-0.25, -0.2) is 0 Å². The van der Waals surface area contributed by atoms with E-state index in [1.54, 1.807) is 0 Å². The summed E-state index contributed by atoms with van der Waals surface area (Å²) in [6.07, 6.45) is 2.24. The van der Waals surface area contributed by atoms with Crippen molar-refractivity contribution in [2.75, 3.05) is 13.1 Å². The summed E-state index contributed by atoms with van der Waals surface area (Å²) in [6, 6.07) is 0. The Morgan fingerprint density at radius 3 is 2.38 bits per heavy atom. The first-order valence-electron chi connectivity index (χ1n) is 5.23. The summed E-state index contributed by atoms with van der Waals surface area (Å²) in [4.78, 5) is 22.1. The van der Waals surface area contributed by atoms with Gasteiger partial charge in [0.15, 0.2) is 0 Å². The summed E-state index contributed by atoms with van der Waals surface area (Å²) in [5, 5.41) is 5.34. The van der Waals surface area contributed by atoms with Crippen molar-refractivity contribution >= 4 is 24.2 Å². The molecule has 0 heterocycles. The van der Waals surface area contributed by atoms with Crippen molar-refractivity contribution < 1.29 is 9.59 Å². The molecule has 1 fully saturated rings. The maximum Gasteiger partial charge on any atom is 0.239 e. The molecule has 0 aromatic heterocycles. The zero-order valence-corrected chi connectivity index (χ0v) is 10.5. The molecule has 2 amide bonds. The van der Waals surface area contributed by atoms with E-state index >= 15 is 0 Å². The lowest BCUT2D eigenvalue weighted by Crippen LogP contribution is -2.55. The molecule has 0 bridgehead atoms. The van der Waals surface area contributed by atoms with Crippen LogP contribution in [-0.2, 0) is 9.59 Å². The third kappa shape index (κ3) is 4.37. The van der Waals surface area contributed by atoms with Gasteiger partial charge in [-0.15, -0.1) is 12.4 Å². The van der Waals surface area contributed by atoms with Crippen molar-refractivity contribution in [3.63, 3.8) is 0 Å². The van der Waals surface area contributed by atoms with E-state index in [4.69, 9.17) is 5.73 Å². The van der Waals surface area contributed by atoms with Crippen molar-refractivity contribution in [3.8, 4) is 0 Å². The van der Waals surface area contributed by atoms with E-state index in [0.717, 1.165) is 12.8 Å². The molecule has 0 saturated heterocycles. The van der Waals surface area contributed by atoms with Crippen LogP contribution in [0.25, 0.3) is 0 Å². The molecular formula is C10H20ClN3O2. The zero-order chi connectivity index (χ0) is 11.5. The molecule has 0 spiro atoms. The number of carbonyl (C=O) groups is 2. The molecular weight excluding hydrogens is 230 g/mol. The van der Waals surface area contributed by atoms with Gasteiger partial charge in [-0.3, -0.25) is 9.59 Å². The number of amides is 2. The molecule has 5 nitrogen and oxygen atoms in total. The van der Waals surface area contributed by atoms with Gasteiger partial charge < -0.3 is 16.4 Å². The van der Waals surface area contributed by atoms with Crippen LogP contribution in [-0.4, -0.2) is 30.4 Å². The van der Waals surface area contributed by atoms with Gasteiger partial charge in [-0.05, 0) is 25.7 Å². The number of rotatable bonds is 5. The molecule has 94 valence electrons. The molecule has 1 saturated carbocycles. The summed E-state index contributed by atoms with van der Waals surface area (Å²) in [5.41, 5.74) is 5.34. The number of carbonyl (C=O) groups excluding carboxylic acids is 2. The highest BCUT2D eigenvalue weighted by Gasteiger charge is 2.41. The average molecular weight is 250 g/mol. The van der Waals surface area contributed by atoms with Gasteiger partial charge in [0, 0.05) is 13.5 Å². The van der Waals surface area contributed by atoms with Crippen molar-refractivity contribution in [1.29, 1.82) is 0 Å². The minimum Gasteiger partial charge on any atom is -0.348 e. The van der Waals surface area contributed by atoms with Crippen LogP contribution < -0.4 is 16.4 Å². The van der Waals surface area contributed by atoms with Gasteiger partial charge in [-0.1, -0.05) is 0 Å². The first-order valence-corrected chi connectivity index (χ1v) is 5.23. The molecule has 0 aliphatic heterocycles. The molecule has 1 rings (SSSR count). The molecule has 1 atom stereocenters. The number of nitrogens with two attached hydrogens (primary N) is 1. The lowest BCUT2D eigenvalue weighted by molar-refractivity contribution is -0.126. The van der Waals surface area contributed by atoms with Crippen LogP contribution in [0.5, 0.6) is 0 Å². The molecule has 4 N–H and O–H groups in total. The summed E-state index contributed by atoms with van der Waals surface area (Å²) < 4.78 is 0. The summed E-state index contributed by atoms with van der Waals surface area (Å²) >= 11 is 0. The molecule has 16 heavy (non-hydrogen) atoms. The fraction of sp³-hybridized carbons (Fsp3) is 0.800. The Morgan fingerprint density at radius 1 is 1.44 bits per heavy atom. The fourth-order valence-electron chi connectivity index (χ4n) is 1.61. The molecule has 1 unspecified atom stereocenters. The Balaban J connectivity index is 0.00000225. The van der Waals surface area contributed by atoms with Crippen molar-refractivity contribution in [1.82, 2.24) is 10.6 Å². The number of hydrogen-bond donors (Lipinski definition) is 3. The average Bonchev–Trinajstić information content (AvgIpc) is 2.97. The van der Waals surface area contributed by atoms with Crippen LogP contribution in [0.2, 0.25) is 0 Å². The van der Waals surface area contributed by atoms with Crippen LogP contribution in [0.15, 0.2) is 0 Å². The lowest BCUT2D eigenvalue weighted by atomic mass is 9.96. The predicted octanol–water partition coefficient (Wildman–Crippen LogP) is -0.212. The van der Waals surface area contributed by atoms with Gasteiger partial charge in [0.2, 0.25) is 11.8 Å². The van der Waals surface area contributed by atoms with Crippen LogP contribution in [0.1, 0.15) is 26.7 Å². The summed E-state index contributed by atoms with van der Waals surface area (Å²) in [7, 11) is 0. The highest BCUT2D eigenvalue weighted by Crippen LogP contribution is 2.38. The molecule has 0 radical (unpaired) electrons. The highest BCUT2D eigenvalue weighted by atomic mass is 35.5. The van der Waals surface area contributed by atoms with Crippen LogP contribution >= 0.6 is 12.4 Å². The second-order valence-corrected chi connectivity index (χ2v) is 4.35. The van der Waals surface area contributed by atoms with Crippen LogP contribution in [0, 0.1) is 5.92 Å². The maximum atomic E-state index is 11.5. The van der Waals surface area contributed by atoms with Crippen LogP contribution in [0.4, 0.5) is 0 Å². The second-order valence-electron chi connectivity index (χ2n) is 4.35. The Morgan fingerprint density at radius 2 is 2.00 bits per heavy atom. The smallest absolute Gasteiger partial charge is 0.239 e. The first kappa shape index (κ1) is 15.2. The Labute approximate surface area is 102 Å². The van der Waals surface area contributed by atoms with E-state index in [1.807, 2.05) is 6.92 Å². The van der Waals surface area contributed by atoms with E-state index in [9.17, 15) is 9.59 Å². The van der Waals surface area contributed by atoms with Gasteiger partial charge >= 0.3 is 0 Å².